The largest absolute Gasteiger partial charge is 0.503 e. The van der Waals surface area contributed by atoms with Crippen molar-refractivity contribution >= 4 is 11.7 Å². The Bertz CT molecular complexity index is 740. The standard InChI is InChI=1S/C20H26N2O5/c1-14(23)17-18(15-5-3-6-16(13-15)26-2)22(20(25)19(17)24)8-4-7-21-9-11-27-12-10-21/h3,5-6,13,18,24H,4,7-12H2,1-2H3/t18-/m0/s1. The lowest BCUT2D eigenvalue weighted by atomic mass is 9.96. The fourth-order valence-electron chi connectivity index (χ4n) is 3.69. The molecule has 1 amide bonds. The van der Waals surface area contributed by atoms with E-state index in [1.54, 1.807) is 24.1 Å². The number of carbonyl (C=O) groups excluding carboxylic acids is 2. The minimum Gasteiger partial charge on any atom is -0.503 e. The summed E-state index contributed by atoms with van der Waals surface area (Å²) in [6.07, 6.45) is 0.755. The van der Waals surface area contributed by atoms with Crippen molar-refractivity contribution in [1.82, 2.24) is 9.80 Å². The van der Waals surface area contributed by atoms with Crippen LogP contribution in [0, 0.1) is 0 Å². The second kappa shape index (κ2) is 8.54. The molecule has 0 radical (unpaired) electrons. The van der Waals surface area contributed by atoms with Crippen LogP contribution in [0.3, 0.4) is 0 Å². The smallest absolute Gasteiger partial charge is 0.290 e. The van der Waals surface area contributed by atoms with Crippen LogP contribution in [0.4, 0.5) is 0 Å². The fraction of sp³-hybridized carbons (Fsp3) is 0.500. The number of benzene rings is 1. The molecule has 2 aliphatic rings. The Morgan fingerprint density at radius 2 is 2.04 bits per heavy atom. The van der Waals surface area contributed by atoms with Crippen LogP contribution in [-0.2, 0) is 14.3 Å². The Kier molecular flexibility index (Phi) is 6.13. The van der Waals surface area contributed by atoms with Gasteiger partial charge >= 0.3 is 0 Å². The first kappa shape index (κ1) is 19.4. The van der Waals surface area contributed by atoms with Gasteiger partial charge in [0.2, 0.25) is 0 Å². The summed E-state index contributed by atoms with van der Waals surface area (Å²) in [7, 11) is 1.57. The minimum absolute atomic E-state index is 0.152. The molecule has 1 aromatic rings. The molecule has 0 bridgehead atoms. The summed E-state index contributed by atoms with van der Waals surface area (Å²) < 4.78 is 10.6. The summed E-state index contributed by atoms with van der Waals surface area (Å²) in [5.41, 5.74) is 0.906. The van der Waals surface area contributed by atoms with Crippen LogP contribution < -0.4 is 4.74 Å². The topological polar surface area (TPSA) is 79.3 Å². The van der Waals surface area contributed by atoms with Crippen LogP contribution in [-0.4, -0.2) is 73.1 Å². The predicted molar refractivity (Wildman–Crippen MR) is 99.7 cm³/mol. The van der Waals surface area contributed by atoms with Gasteiger partial charge in [-0.05, 0) is 31.0 Å². The van der Waals surface area contributed by atoms with E-state index in [4.69, 9.17) is 9.47 Å². The zero-order chi connectivity index (χ0) is 19.4. The molecular weight excluding hydrogens is 348 g/mol. The number of aliphatic hydroxyl groups excluding tert-OH is 1. The molecule has 3 rings (SSSR count). The SMILES string of the molecule is COc1cccc([C@H]2C(C(C)=O)=C(O)C(=O)N2CCCN2CCOCC2)c1. The molecule has 1 fully saturated rings. The van der Waals surface area contributed by atoms with Gasteiger partial charge in [-0.25, -0.2) is 0 Å². The van der Waals surface area contributed by atoms with Gasteiger partial charge in [0, 0.05) is 26.2 Å². The van der Waals surface area contributed by atoms with E-state index in [1.807, 2.05) is 12.1 Å². The number of methoxy groups -OCH3 is 1. The van der Waals surface area contributed by atoms with Crippen molar-refractivity contribution in [3.05, 3.63) is 41.2 Å². The van der Waals surface area contributed by atoms with E-state index in [-0.39, 0.29) is 11.4 Å². The molecule has 27 heavy (non-hydrogen) atoms. The molecule has 0 aliphatic carbocycles. The molecule has 2 heterocycles. The molecule has 0 saturated carbocycles. The van der Waals surface area contributed by atoms with Crippen LogP contribution in [0.5, 0.6) is 5.75 Å². The van der Waals surface area contributed by atoms with Crippen molar-refractivity contribution in [2.45, 2.75) is 19.4 Å². The number of aliphatic hydroxyl groups is 1. The van der Waals surface area contributed by atoms with E-state index in [1.165, 1.54) is 6.92 Å². The van der Waals surface area contributed by atoms with Crippen molar-refractivity contribution < 1.29 is 24.2 Å². The van der Waals surface area contributed by atoms with Gasteiger partial charge in [0.15, 0.2) is 11.5 Å². The third-order valence-electron chi connectivity index (χ3n) is 5.07. The van der Waals surface area contributed by atoms with Crippen LogP contribution in [0.25, 0.3) is 0 Å². The molecule has 0 spiro atoms. The maximum absolute atomic E-state index is 12.6. The third kappa shape index (κ3) is 4.14. The summed E-state index contributed by atoms with van der Waals surface area (Å²) in [5.74, 6) is -0.594. The highest BCUT2D eigenvalue weighted by Gasteiger charge is 2.42. The van der Waals surface area contributed by atoms with Gasteiger partial charge in [0.05, 0.1) is 31.9 Å². The number of rotatable bonds is 7. The van der Waals surface area contributed by atoms with Crippen molar-refractivity contribution in [3.8, 4) is 5.75 Å². The number of hydrogen-bond acceptors (Lipinski definition) is 6. The van der Waals surface area contributed by atoms with Gasteiger partial charge in [-0.1, -0.05) is 12.1 Å². The number of ketones is 1. The van der Waals surface area contributed by atoms with E-state index in [0.29, 0.717) is 12.3 Å². The van der Waals surface area contributed by atoms with E-state index in [2.05, 4.69) is 4.90 Å². The molecule has 146 valence electrons. The first-order chi connectivity index (χ1) is 13.0. The Labute approximate surface area is 159 Å². The summed E-state index contributed by atoms with van der Waals surface area (Å²) >= 11 is 0. The number of Topliss-reactive ketones (excluding diaryl/α,β-unsaturated/α-hetero) is 1. The average Bonchev–Trinajstić information content (AvgIpc) is 2.94. The number of carbonyl (C=O) groups is 2. The molecule has 7 nitrogen and oxygen atoms in total. The van der Waals surface area contributed by atoms with Gasteiger partial charge in [0.25, 0.3) is 5.91 Å². The van der Waals surface area contributed by atoms with Crippen LogP contribution >= 0.6 is 0 Å². The van der Waals surface area contributed by atoms with Crippen LogP contribution in [0.15, 0.2) is 35.6 Å². The summed E-state index contributed by atoms with van der Waals surface area (Å²) in [6, 6.07) is 6.68. The summed E-state index contributed by atoms with van der Waals surface area (Å²) in [4.78, 5) is 28.7. The molecule has 0 unspecified atom stereocenters. The van der Waals surface area contributed by atoms with Gasteiger partial charge in [-0.3, -0.25) is 14.5 Å². The number of morpholine rings is 1. The molecule has 0 aromatic heterocycles. The second-order valence-corrected chi connectivity index (χ2v) is 6.80. The Hall–Kier alpha value is -2.38. The highest BCUT2D eigenvalue weighted by molar-refractivity contribution is 6.08. The van der Waals surface area contributed by atoms with Gasteiger partial charge < -0.3 is 19.5 Å². The van der Waals surface area contributed by atoms with E-state index in [9.17, 15) is 14.7 Å². The quantitative estimate of drug-likeness (QED) is 0.783. The zero-order valence-electron chi connectivity index (χ0n) is 15.8. The first-order valence-electron chi connectivity index (χ1n) is 9.22. The molecule has 7 heteroatoms. The van der Waals surface area contributed by atoms with E-state index < -0.39 is 17.7 Å². The second-order valence-electron chi connectivity index (χ2n) is 6.80. The summed E-state index contributed by atoms with van der Waals surface area (Å²) in [5, 5.41) is 10.3. The number of hydrogen-bond donors (Lipinski definition) is 1. The lowest BCUT2D eigenvalue weighted by Crippen LogP contribution is -2.39. The normalized spacial score (nSPS) is 21.0. The molecule has 1 atom stereocenters. The molecule has 1 aromatic carbocycles. The molecular formula is C20H26N2O5. The minimum atomic E-state index is -0.588. The number of nitrogens with zero attached hydrogens (tertiary/aromatic N) is 2. The lowest BCUT2D eigenvalue weighted by Gasteiger charge is -2.30. The van der Waals surface area contributed by atoms with Crippen molar-refractivity contribution in [1.29, 1.82) is 0 Å². The van der Waals surface area contributed by atoms with Gasteiger partial charge in [-0.15, -0.1) is 0 Å². The van der Waals surface area contributed by atoms with E-state index in [0.717, 1.165) is 44.8 Å². The Morgan fingerprint density at radius 3 is 2.70 bits per heavy atom. The van der Waals surface area contributed by atoms with Gasteiger partial charge in [0.1, 0.15) is 5.75 Å². The number of amides is 1. The molecule has 1 N–H and O–H groups in total. The van der Waals surface area contributed by atoms with Crippen molar-refractivity contribution in [2.24, 2.45) is 0 Å². The highest BCUT2D eigenvalue weighted by atomic mass is 16.5. The zero-order valence-corrected chi connectivity index (χ0v) is 15.8. The first-order valence-corrected chi connectivity index (χ1v) is 9.22. The third-order valence-corrected chi connectivity index (χ3v) is 5.07. The Balaban J connectivity index is 1.79. The van der Waals surface area contributed by atoms with Crippen molar-refractivity contribution in [3.63, 3.8) is 0 Å². The summed E-state index contributed by atoms with van der Waals surface area (Å²) in [6.45, 7) is 5.90. The van der Waals surface area contributed by atoms with Crippen LogP contribution in [0.1, 0.15) is 24.9 Å². The Morgan fingerprint density at radius 1 is 1.30 bits per heavy atom. The maximum atomic E-state index is 12.6. The fourth-order valence-corrected chi connectivity index (χ4v) is 3.69. The maximum Gasteiger partial charge on any atom is 0.290 e. The molecule has 1 saturated heterocycles. The monoisotopic (exact) mass is 374 g/mol. The van der Waals surface area contributed by atoms with Crippen molar-refractivity contribution in [2.75, 3.05) is 46.5 Å². The van der Waals surface area contributed by atoms with E-state index >= 15 is 0 Å². The van der Waals surface area contributed by atoms with Crippen LogP contribution in [0.2, 0.25) is 0 Å². The predicted octanol–water partition coefficient (Wildman–Crippen LogP) is 1.70. The average molecular weight is 374 g/mol. The number of ether oxygens (including phenoxy) is 2. The highest BCUT2D eigenvalue weighted by Crippen LogP contribution is 2.38. The molecule has 2 aliphatic heterocycles. The lowest BCUT2D eigenvalue weighted by molar-refractivity contribution is -0.129. The van der Waals surface area contributed by atoms with Gasteiger partial charge in [-0.2, -0.15) is 0 Å².